The van der Waals surface area contributed by atoms with Crippen LogP contribution in [0.15, 0.2) is 36.5 Å². The first-order chi connectivity index (χ1) is 38.8. The summed E-state index contributed by atoms with van der Waals surface area (Å²) >= 11 is 0. The number of ether oxygens (including phenoxy) is 2. The van der Waals surface area contributed by atoms with Crippen molar-refractivity contribution < 1.29 is 39.8 Å². The van der Waals surface area contributed by atoms with Gasteiger partial charge in [-0.2, -0.15) is 0 Å². The van der Waals surface area contributed by atoms with Crippen LogP contribution in [0.4, 0.5) is 0 Å². The molecule has 0 saturated carbocycles. The first kappa shape index (κ1) is 75.4. The van der Waals surface area contributed by atoms with E-state index in [1.54, 1.807) is 6.08 Å². The Kier molecular flexibility index (Phi) is 56.9. The first-order valence-electron chi connectivity index (χ1n) is 34.7. The number of aliphatic hydroxyl groups excluding tert-OH is 5. The van der Waals surface area contributed by atoms with Crippen LogP contribution in [-0.2, 0) is 14.3 Å². The lowest BCUT2D eigenvalue weighted by atomic mass is 9.99. The molecule has 0 radical (unpaired) electrons. The zero-order valence-electron chi connectivity index (χ0n) is 52.2. The van der Waals surface area contributed by atoms with E-state index < -0.39 is 49.5 Å². The summed E-state index contributed by atoms with van der Waals surface area (Å²) in [5.74, 6) is -0.184. The number of allylic oxidation sites excluding steroid dienone is 5. The molecular formula is C70H133NO8. The Morgan fingerprint density at radius 3 is 1.06 bits per heavy atom. The third kappa shape index (κ3) is 48.5. The van der Waals surface area contributed by atoms with Crippen LogP contribution in [0.2, 0.25) is 0 Å². The third-order valence-electron chi connectivity index (χ3n) is 16.7. The monoisotopic (exact) mass is 1120 g/mol. The molecule has 9 heteroatoms. The summed E-state index contributed by atoms with van der Waals surface area (Å²) in [6.45, 7) is 3.81. The van der Waals surface area contributed by atoms with Crippen molar-refractivity contribution in [2.75, 3.05) is 13.2 Å². The summed E-state index contributed by atoms with van der Waals surface area (Å²) in [5.41, 5.74) is 0. The van der Waals surface area contributed by atoms with Crippen molar-refractivity contribution in [2.45, 2.75) is 391 Å². The largest absolute Gasteiger partial charge is 0.394 e. The fraction of sp³-hybridized carbons (Fsp3) is 0.900. The third-order valence-corrected chi connectivity index (χ3v) is 16.7. The standard InChI is InChI=1S/C70H133NO8/c1-3-5-7-9-11-13-15-17-19-21-23-25-27-29-30-31-32-33-34-36-37-39-41-43-45-47-49-51-53-55-57-59-64(73)63(62-78-70-69(77)68(76)67(75)65(61-72)79-70)71-66(74)60-58-56-54-52-50-48-46-44-42-40-38-35-28-26-24-22-20-18-16-14-12-10-8-6-4-2/h41,43,49,51,57,59,63-65,67-70,72-73,75-77H,3-40,42,44-48,50,52-56,58,60-62H2,1-2H3,(H,71,74)/b43-41+,51-49+,59-57+. The molecule has 0 spiro atoms. The van der Waals surface area contributed by atoms with Gasteiger partial charge >= 0.3 is 0 Å². The topological polar surface area (TPSA) is 149 Å². The quantitative estimate of drug-likeness (QED) is 0.0261. The average molecular weight is 1120 g/mol. The molecule has 79 heavy (non-hydrogen) atoms. The van der Waals surface area contributed by atoms with E-state index in [0.29, 0.717) is 6.42 Å². The second-order valence-corrected chi connectivity index (χ2v) is 24.3. The molecule has 1 heterocycles. The molecule has 1 rings (SSSR count). The predicted molar refractivity (Wildman–Crippen MR) is 337 cm³/mol. The molecule has 1 fully saturated rings. The maximum absolute atomic E-state index is 13.1. The molecule has 1 aliphatic heterocycles. The van der Waals surface area contributed by atoms with Crippen LogP contribution in [0.5, 0.6) is 0 Å². The van der Waals surface area contributed by atoms with Crippen LogP contribution in [-0.4, -0.2) is 87.5 Å². The molecule has 466 valence electrons. The zero-order chi connectivity index (χ0) is 57.2. The van der Waals surface area contributed by atoms with Crippen LogP contribution < -0.4 is 5.32 Å². The number of amides is 1. The fourth-order valence-corrected chi connectivity index (χ4v) is 11.3. The summed E-state index contributed by atoms with van der Waals surface area (Å²) in [6, 6.07) is -0.828. The minimum Gasteiger partial charge on any atom is -0.394 e. The first-order valence-corrected chi connectivity index (χ1v) is 34.7. The minimum atomic E-state index is -1.57. The number of carbonyl (C=O) groups is 1. The van der Waals surface area contributed by atoms with Crippen molar-refractivity contribution in [3.63, 3.8) is 0 Å². The summed E-state index contributed by atoms with van der Waals surface area (Å²) in [5, 5.41) is 54.7. The SMILES string of the molecule is CCCCCCCCCCCCCCCCCCCCCCC/C=C/CC/C=C/CC/C=C/C(O)C(COC1OC(CO)C(O)C(O)C1O)NC(=O)CCCCCCCCCCCCCCCCCCCCCCCCCCC. The van der Waals surface area contributed by atoms with Gasteiger partial charge in [0.2, 0.25) is 5.91 Å². The molecule has 0 aliphatic carbocycles. The molecule has 1 aliphatic rings. The van der Waals surface area contributed by atoms with Crippen LogP contribution in [0, 0.1) is 0 Å². The van der Waals surface area contributed by atoms with E-state index in [1.807, 2.05) is 6.08 Å². The van der Waals surface area contributed by atoms with Crippen LogP contribution >= 0.6 is 0 Å². The molecule has 0 aromatic rings. The number of hydrogen-bond acceptors (Lipinski definition) is 8. The maximum atomic E-state index is 13.1. The van der Waals surface area contributed by atoms with Gasteiger partial charge in [0.05, 0.1) is 25.4 Å². The Labute approximate surface area is 489 Å². The molecule has 0 bridgehead atoms. The molecule has 0 aromatic carbocycles. The van der Waals surface area contributed by atoms with Crippen LogP contribution in [0.25, 0.3) is 0 Å². The Bertz CT molecular complexity index is 1340. The molecule has 1 amide bonds. The molecule has 7 unspecified atom stereocenters. The minimum absolute atomic E-state index is 0.184. The van der Waals surface area contributed by atoms with Crippen molar-refractivity contribution in [2.24, 2.45) is 0 Å². The maximum Gasteiger partial charge on any atom is 0.220 e. The second kappa shape index (κ2) is 59.6. The number of nitrogens with one attached hydrogen (secondary N) is 1. The highest BCUT2D eigenvalue weighted by Crippen LogP contribution is 2.23. The molecule has 6 N–H and O–H groups in total. The van der Waals surface area contributed by atoms with Crippen molar-refractivity contribution in [3.8, 4) is 0 Å². The van der Waals surface area contributed by atoms with Crippen molar-refractivity contribution >= 4 is 5.91 Å². The highest BCUT2D eigenvalue weighted by Gasteiger charge is 2.44. The van der Waals surface area contributed by atoms with Crippen molar-refractivity contribution in [1.29, 1.82) is 0 Å². The van der Waals surface area contributed by atoms with Gasteiger partial charge in [-0.15, -0.1) is 0 Å². The van der Waals surface area contributed by atoms with Gasteiger partial charge in [-0.25, -0.2) is 0 Å². The van der Waals surface area contributed by atoms with Crippen molar-refractivity contribution in [3.05, 3.63) is 36.5 Å². The van der Waals surface area contributed by atoms with Gasteiger partial charge in [0.1, 0.15) is 24.4 Å². The summed E-state index contributed by atoms with van der Waals surface area (Å²) < 4.78 is 11.3. The van der Waals surface area contributed by atoms with Gasteiger partial charge in [-0.05, 0) is 44.9 Å². The molecular weight excluding hydrogens is 983 g/mol. The number of carbonyl (C=O) groups excluding carboxylic acids is 1. The molecule has 1 saturated heterocycles. The van der Waals surface area contributed by atoms with E-state index in [9.17, 15) is 30.3 Å². The predicted octanol–water partition coefficient (Wildman–Crippen LogP) is 18.6. The number of aliphatic hydroxyl groups is 5. The normalized spacial score (nSPS) is 18.7. The van der Waals surface area contributed by atoms with E-state index in [-0.39, 0.29) is 12.5 Å². The molecule has 0 aromatic heterocycles. The lowest BCUT2D eigenvalue weighted by molar-refractivity contribution is -0.302. The van der Waals surface area contributed by atoms with Gasteiger partial charge in [0.15, 0.2) is 6.29 Å². The van der Waals surface area contributed by atoms with Crippen LogP contribution in [0.3, 0.4) is 0 Å². The Balaban J connectivity index is 2.16. The van der Waals surface area contributed by atoms with Gasteiger partial charge < -0.3 is 40.3 Å². The molecule has 7 atom stereocenters. The van der Waals surface area contributed by atoms with E-state index in [2.05, 4.69) is 43.5 Å². The van der Waals surface area contributed by atoms with Gasteiger partial charge in [-0.1, -0.05) is 333 Å². The highest BCUT2D eigenvalue weighted by molar-refractivity contribution is 5.76. The number of unbranched alkanes of at least 4 members (excludes halogenated alkanes) is 47. The Morgan fingerprint density at radius 2 is 0.722 bits per heavy atom. The average Bonchev–Trinajstić information content (AvgIpc) is 3.47. The Morgan fingerprint density at radius 1 is 0.418 bits per heavy atom. The van der Waals surface area contributed by atoms with Gasteiger partial charge in [0, 0.05) is 6.42 Å². The number of hydrogen-bond donors (Lipinski definition) is 6. The summed E-state index contributed by atoms with van der Waals surface area (Å²) in [7, 11) is 0. The smallest absolute Gasteiger partial charge is 0.220 e. The van der Waals surface area contributed by atoms with E-state index in [0.717, 1.165) is 44.9 Å². The van der Waals surface area contributed by atoms with E-state index in [1.165, 1.54) is 283 Å². The van der Waals surface area contributed by atoms with Crippen LogP contribution in [0.1, 0.15) is 348 Å². The highest BCUT2D eigenvalue weighted by atomic mass is 16.7. The van der Waals surface area contributed by atoms with Gasteiger partial charge in [0.25, 0.3) is 0 Å². The van der Waals surface area contributed by atoms with E-state index >= 15 is 0 Å². The lowest BCUT2D eigenvalue weighted by Gasteiger charge is -2.40. The van der Waals surface area contributed by atoms with Crippen molar-refractivity contribution in [1.82, 2.24) is 5.32 Å². The lowest BCUT2D eigenvalue weighted by Crippen LogP contribution is -2.60. The fourth-order valence-electron chi connectivity index (χ4n) is 11.3. The summed E-state index contributed by atoms with van der Waals surface area (Å²) in [4.78, 5) is 13.1. The number of rotatable bonds is 61. The van der Waals surface area contributed by atoms with Gasteiger partial charge in [-0.3, -0.25) is 4.79 Å². The Hall–Kier alpha value is -1.59. The zero-order valence-corrected chi connectivity index (χ0v) is 52.2. The van der Waals surface area contributed by atoms with E-state index in [4.69, 9.17) is 9.47 Å². The second-order valence-electron chi connectivity index (χ2n) is 24.3. The molecule has 9 nitrogen and oxygen atoms in total. The summed E-state index contributed by atoms with van der Waals surface area (Å²) in [6.07, 6.45) is 72.6.